The quantitative estimate of drug-likeness (QED) is 0.420. The molecule has 0 aliphatic heterocycles. The molecule has 4 N–H and O–H groups in total. The van der Waals surface area contributed by atoms with Crippen molar-refractivity contribution >= 4 is 30.5 Å². The van der Waals surface area contributed by atoms with Crippen LogP contribution in [-0.2, 0) is 0 Å². The molecule has 0 radical (unpaired) electrons. The van der Waals surface area contributed by atoms with Gasteiger partial charge in [-0.3, -0.25) is 4.79 Å². The van der Waals surface area contributed by atoms with Crippen LogP contribution in [-0.4, -0.2) is 24.8 Å². The second kappa shape index (κ2) is 4.07. The molecule has 0 aliphatic carbocycles. The van der Waals surface area contributed by atoms with E-state index in [0.717, 1.165) is 0 Å². The van der Waals surface area contributed by atoms with Gasteiger partial charge in [-0.15, -0.1) is 0 Å². The second-order valence-electron chi connectivity index (χ2n) is 1.95. The Bertz CT molecular complexity index is 262. The fraction of sp³-hybridized carbons (Fsp3) is 0. The Morgan fingerprint density at radius 3 is 2.18 bits per heavy atom. The van der Waals surface area contributed by atoms with E-state index in [1.807, 2.05) is 0 Å². The predicted molar refractivity (Wildman–Crippen MR) is 46.5 cm³/mol. The molecule has 0 unspecified atom stereocenters. The third-order valence-corrected chi connectivity index (χ3v) is 1.23. The number of hydrogen-bond acceptors (Lipinski definition) is 2. The SMILES string of the molecule is NC(=O)c1ccccc1N.[LiH]. The molecule has 1 aromatic carbocycles. The molecule has 0 fully saturated rings. The maximum absolute atomic E-state index is 10.6. The predicted octanol–water partition coefficient (Wildman–Crippen LogP) is -0.281. The fourth-order valence-electron chi connectivity index (χ4n) is 0.721. The van der Waals surface area contributed by atoms with Gasteiger partial charge in [0.15, 0.2) is 0 Å². The van der Waals surface area contributed by atoms with Gasteiger partial charge in [-0.1, -0.05) is 12.1 Å². The van der Waals surface area contributed by atoms with E-state index in [1.54, 1.807) is 24.3 Å². The van der Waals surface area contributed by atoms with Crippen LogP contribution < -0.4 is 11.5 Å². The van der Waals surface area contributed by atoms with Crippen LogP contribution in [0.3, 0.4) is 0 Å². The molecular weight excluding hydrogens is 135 g/mol. The van der Waals surface area contributed by atoms with Gasteiger partial charge in [0, 0.05) is 5.69 Å². The standard InChI is InChI=1S/C7H8N2O.Li.H/c8-6-4-2-1-3-5(6)7(9)10;;/h1-4H,8H2,(H2,9,10);;. The number of nitrogen functional groups attached to an aromatic ring is 1. The zero-order valence-electron chi connectivity index (χ0n) is 5.37. The summed E-state index contributed by atoms with van der Waals surface area (Å²) < 4.78 is 0. The van der Waals surface area contributed by atoms with E-state index in [0.29, 0.717) is 11.3 Å². The van der Waals surface area contributed by atoms with Crippen LogP contribution in [0.4, 0.5) is 5.69 Å². The van der Waals surface area contributed by atoms with Gasteiger partial charge in [0.2, 0.25) is 0 Å². The van der Waals surface area contributed by atoms with Crippen LogP contribution in [0.2, 0.25) is 0 Å². The molecule has 0 saturated carbocycles. The number of benzene rings is 1. The summed E-state index contributed by atoms with van der Waals surface area (Å²) in [7, 11) is 0. The number of carbonyl (C=O) groups is 1. The fourth-order valence-corrected chi connectivity index (χ4v) is 0.721. The average Bonchev–Trinajstić information content (AvgIpc) is 1.88. The summed E-state index contributed by atoms with van der Waals surface area (Å²) in [5.74, 6) is -0.488. The normalized spacial score (nSPS) is 8.36. The first-order valence-corrected chi connectivity index (χ1v) is 2.86. The van der Waals surface area contributed by atoms with E-state index in [2.05, 4.69) is 0 Å². The Morgan fingerprint density at radius 1 is 1.27 bits per heavy atom. The van der Waals surface area contributed by atoms with Crippen molar-refractivity contribution in [1.29, 1.82) is 0 Å². The van der Waals surface area contributed by atoms with Crippen molar-refractivity contribution in [2.24, 2.45) is 5.73 Å². The Hall–Kier alpha value is -0.913. The Morgan fingerprint density at radius 2 is 1.82 bits per heavy atom. The van der Waals surface area contributed by atoms with Crippen molar-refractivity contribution in [3.8, 4) is 0 Å². The van der Waals surface area contributed by atoms with Crippen molar-refractivity contribution in [3.05, 3.63) is 29.8 Å². The summed E-state index contributed by atoms with van der Waals surface area (Å²) in [6, 6.07) is 6.70. The van der Waals surface area contributed by atoms with Gasteiger partial charge < -0.3 is 11.5 Å². The summed E-state index contributed by atoms with van der Waals surface area (Å²) >= 11 is 0. The van der Waals surface area contributed by atoms with Gasteiger partial charge in [0.05, 0.1) is 5.56 Å². The molecule has 3 nitrogen and oxygen atoms in total. The number of primary amides is 1. The van der Waals surface area contributed by atoms with Gasteiger partial charge in [0.25, 0.3) is 5.91 Å². The molecule has 1 rings (SSSR count). The van der Waals surface area contributed by atoms with Gasteiger partial charge in [0.1, 0.15) is 0 Å². The Kier molecular flexibility index (Phi) is 3.73. The molecule has 0 aromatic heterocycles. The van der Waals surface area contributed by atoms with Crippen molar-refractivity contribution in [2.75, 3.05) is 5.73 Å². The Balaban J connectivity index is 0.000001000. The molecule has 0 spiro atoms. The van der Waals surface area contributed by atoms with Crippen LogP contribution in [0, 0.1) is 0 Å². The van der Waals surface area contributed by atoms with Gasteiger partial charge >= 0.3 is 18.9 Å². The number of carbonyl (C=O) groups excluding carboxylic acids is 1. The van der Waals surface area contributed by atoms with E-state index in [9.17, 15) is 4.79 Å². The van der Waals surface area contributed by atoms with Gasteiger partial charge in [-0.2, -0.15) is 0 Å². The molecule has 4 heteroatoms. The summed E-state index contributed by atoms with van der Waals surface area (Å²) in [6.45, 7) is 0. The summed E-state index contributed by atoms with van der Waals surface area (Å²) in [6.07, 6.45) is 0. The van der Waals surface area contributed by atoms with Gasteiger partial charge in [-0.05, 0) is 12.1 Å². The number of amides is 1. The minimum atomic E-state index is -0.488. The first-order valence-electron chi connectivity index (χ1n) is 2.86. The summed E-state index contributed by atoms with van der Waals surface area (Å²) in [5, 5.41) is 0. The van der Waals surface area contributed by atoms with Crippen LogP contribution >= 0.6 is 0 Å². The molecule has 54 valence electrons. The molecular formula is C7H9LiN2O. The van der Waals surface area contributed by atoms with E-state index in [4.69, 9.17) is 11.5 Å². The molecule has 1 amide bonds. The number of anilines is 1. The van der Waals surface area contributed by atoms with E-state index in [1.165, 1.54) is 0 Å². The third-order valence-electron chi connectivity index (χ3n) is 1.23. The molecule has 0 atom stereocenters. The summed E-state index contributed by atoms with van der Waals surface area (Å²) in [4.78, 5) is 10.6. The third kappa shape index (κ3) is 2.30. The number of nitrogens with two attached hydrogens (primary N) is 2. The maximum atomic E-state index is 10.6. The van der Waals surface area contributed by atoms with Crippen LogP contribution in [0.25, 0.3) is 0 Å². The molecule has 0 heterocycles. The topological polar surface area (TPSA) is 69.1 Å². The number of hydrogen-bond donors (Lipinski definition) is 2. The van der Waals surface area contributed by atoms with Crippen molar-refractivity contribution in [1.82, 2.24) is 0 Å². The van der Waals surface area contributed by atoms with E-state index >= 15 is 0 Å². The first-order chi connectivity index (χ1) is 4.72. The minimum absolute atomic E-state index is 0. The average molecular weight is 144 g/mol. The van der Waals surface area contributed by atoms with Crippen LogP contribution in [0.5, 0.6) is 0 Å². The number of para-hydroxylation sites is 1. The zero-order chi connectivity index (χ0) is 7.56. The van der Waals surface area contributed by atoms with Crippen molar-refractivity contribution in [3.63, 3.8) is 0 Å². The summed E-state index contributed by atoms with van der Waals surface area (Å²) in [5.41, 5.74) is 11.2. The Labute approximate surface area is 76.9 Å². The molecule has 0 bridgehead atoms. The first kappa shape index (κ1) is 10.1. The van der Waals surface area contributed by atoms with Crippen LogP contribution in [0.15, 0.2) is 24.3 Å². The zero-order valence-corrected chi connectivity index (χ0v) is 5.37. The number of rotatable bonds is 1. The van der Waals surface area contributed by atoms with E-state index in [-0.39, 0.29) is 18.9 Å². The van der Waals surface area contributed by atoms with Crippen molar-refractivity contribution < 1.29 is 4.79 Å². The monoisotopic (exact) mass is 144 g/mol. The van der Waals surface area contributed by atoms with Gasteiger partial charge in [-0.25, -0.2) is 0 Å². The molecule has 0 saturated heterocycles. The molecule has 11 heavy (non-hydrogen) atoms. The van der Waals surface area contributed by atoms with Crippen LogP contribution in [0.1, 0.15) is 10.4 Å². The molecule has 0 aliphatic rings. The van der Waals surface area contributed by atoms with Crippen molar-refractivity contribution in [2.45, 2.75) is 0 Å². The van der Waals surface area contributed by atoms with E-state index < -0.39 is 5.91 Å². The molecule has 1 aromatic rings. The second-order valence-corrected chi connectivity index (χ2v) is 1.95.